The lowest BCUT2D eigenvalue weighted by Crippen LogP contribution is -1.95. The Morgan fingerprint density at radius 2 is 2.12 bits per heavy atom. The number of nitrogen functional groups attached to an aromatic ring is 1. The van der Waals surface area contributed by atoms with E-state index < -0.39 is 0 Å². The number of hydrogen-bond acceptors (Lipinski definition) is 4. The summed E-state index contributed by atoms with van der Waals surface area (Å²) in [6, 6.07) is 10.7. The molecule has 0 spiro atoms. The third-order valence-corrected chi connectivity index (χ3v) is 2.71. The van der Waals surface area contributed by atoms with E-state index in [0.29, 0.717) is 17.2 Å². The third-order valence-electron chi connectivity index (χ3n) is 2.09. The molecule has 84 valence electrons. The molecule has 5 heteroatoms. The van der Waals surface area contributed by atoms with E-state index in [-0.39, 0.29) is 5.69 Å². The maximum Gasteiger partial charge on any atom is 0.183 e. The molecule has 0 aliphatic heterocycles. The Hall–Kier alpha value is -2.06. The van der Waals surface area contributed by atoms with Gasteiger partial charge in [-0.2, -0.15) is 5.26 Å². The van der Waals surface area contributed by atoms with Gasteiger partial charge in [0.2, 0.25) is 0 Å². The maximum absolute atomic E-state index is 8.90. The predicted octanol–water partition coefficient (Wildman–Crippen LogP) is 3.09. The molecule has 4 nitrogen and oxygen atoms in total. The summed E-state index contributed by atoms with van der Waals surface area (Å²) in [5, 5.41) is 8.90. The molecule has 2 N–H and O–H groups in total. The van der Waals surface area contributed by atoms with Crippen molar-refractivity contribution in [3.8, 4) is 17.6 Å². The van der Waals surface area contributed by atoms with Gasteiger partial charge in [0.05, 0.1) is 10.2 Å². The highest BCUT2D eigenvalue weighted by Gasteiger charge is 2.10. The fraction of sp³-hybridized carbons (Fsp3) is 0. The van der Waals surface area contributed by atoms with E-state index in [1.54, 1.807) is 24.3 Å². The van der Waals surface area contributed by atoms with Gasteiger partial charge in [-0.15, -0.1) is 0 Å². The summed E-state index contributed by atoms with van der Waals surface area (Å²) in [6.07, 6.45) is 1.54. The SMILES string of the molecule is N#Cc1ncccc1Oc1c(N)cccc1Br. The summed E-state index contributed by atoms with van der Waals surface area (Å²) in [6.45, 7) is 0. The number of nitrogens with zero attached hydrogens (tertiary/aromatic N) is 2. The number of hydrogen-bond donors (Lipinski definition) is 1. The highest BCUT2D eigenvalue weighted by molar-refractivity contribution is 9.10. The molecule has 17 heavy (non-hydrogen) atoms. The molecular formula is C12H8BrN3O. The van der Waals surface area contributed by atoms with Crippen molar-refractivity contribution in [3.05, 3.63) is 46.7 Å². The minimum Gasteiger partial charge on any atom is -0.451 e. The van der Waals surface area contributed by atoms with E-state index in [0.717, 1.165) is 4.47 Å². The number of nitrogens with two attached hydrogens (primary N) is 1. The average molecular weight is 290 g/mol. The van der Waals surface area contributed by atoms with Gasteiger partial charge in [-0.25, -0.2) is 4.98 Å². The summed E-state index contributed by atoms with van der Waals surface area (Å²) in [4.78, 5) is 3.91. The molecule has 0 saturated carbocycles. The van der Waals surface area contributed by atoms with Gasteiger partial charge in [-0.3, -0.25) is 0 Å². The van der Waals surface area contributed by atoms with Gasteiger partial charge in [-0.1, -0.05) is 6.07 Å². The lowest BCUT2D eigenvalue weighted by atomic mass is 10.3. The van der Waals surface area contributed by atoms with Crippen LogP contribution in [-0.4, -0.2) is 4.98 Å². The summed E-state index contributed by atoms with van der Waals surface area (Å²) in [5.41, 5.74) is 6.52. The van der Waals surface area contributed by atoms with Gasteiger partial charge >= 0.3 is 0 Å². The quantitative estimate of drug-likeness (QED) is 0.863. The zero-order chi connectivity index (χ0) is 12.3. The van der Waals surface area contributed by atoms with Crippen molar-refractivity contribution in [3.63, 3.8) is 0 Å². The van der Waals surface area contributed by atoms with Crippen LogP contribution < -0.4 is 10.5 Å². The molecule has 2 rings (SSSR count). The zero-order valence-electron chi connectivity index (χ0n) is 8.72. The number of para-hydroxylation sites is 1. The number of nitriles is 1. The van der Waals surface area contributed by atoms with Gasteiger partial charge in [0, 0.05) is 6.20 Å². The Kier molecular flexibility index (Phi) is 3.26. The molecule has 0 aliphatic carbocycles. The van der Waals surface area contributed by atoms with E-state index in [9.17, 15) is 0 Å². The molecule has 0 atom stereocenters. The lowest BCUT2D eigenvalue weighted by Gasteiger charge is -2.10. The molecule has 2 aromatic rings. The van der Waals surface area contributed by atoms with Crippen molar-refractivity contribution < 1.29 is 4.74 Å². The van der Waals surface area contributed by atoms with Crippen molar-refractivity contribution in [2.24, 2.45) is 0 Å². The fourth-order valence-electron chi connectivity index (χ4n) is 1.30. The van der Waals surface area contributed by atoms with E-state index in [2.05, 4.69) is 20.9 Å². The van der Waals surface area contributed by atoms with Crippen LogP contribution in [0.15, 0.2) is 41.0 Å². The van der Waals surface area contributed by atoms with Crippen molar-refractivity contribution >= 4 is 21.6 Å². The van der Waals surface area contributed by atoms with Crippen LogP contribution in [0.1, 0.15) is 5.69 Å². The second kappa shape index (κ2) is 4.85. The van der Waals surface area contributed by atoms with Crippen LogP contribution in [0.2, 0.25) is 0 Å². The first-order valence-electron chi connectivity index (χ1n) is 4.79. The third kappa shape index (κ3) is 2.37. The van der Waals surface area contributed by atoms with Crippen LogP contribution in [0, 0.1) is 11.3 Å². The number of halogens is 1. The second-order valence-corrected chi connectivity index (χ2v) is 4.08. The van der Waals surface area contributed by atoms with E-state index in [1.807, 2.05) is 12.1 Å². The topological polar surface area (TPSA) is 71.9 Å². The van der Waals surface area contributed by atoms with Gasteiger partial charge in [-0.05, 0) is 40.2 Å². The first-order valence-corrected chi connectivity index (χ1v) is 5.58. The number of rotatable bonds is 2. The van der Waals surface area contributed by atoms with Crippen LogP contribution in [-0.2, 0) is 0 Å². The smallest absolute Gasteiger partial charge is 0.183 e. The Balaban J connectivity index is 2.42. The molecule has 1 aromatic carbocycles. The first-order chi connectivity index (χ1) is 8.22. The summed E-state index contributed by atoms with van der Waals surface area (Å²) in [7, 11) is 0. The van der Waals surface area contributed by atoms with Crippen LogP contribution in [0.4, 0.5) is 5.69 Å². The zero-order valence-corrected chi connectivity index (χ0v) is 10.3. The van der Waals surface area contributed by atoms with Crippen molar-refractivity contribution in [2.75, 3.05) is 5.73 Å². The number of ether oxygens (including phenoxy) is 1. The molecule has 0 unspecified atom stereocenters. The number of anilines is 1. The van der Waals surface area contributed by atoms with Gasteiger partial charge in [0.25, 0.3) is 0 Å². The van der Waals surface area contributed by atoms with Crippen molar-refractivity contribution in [1.82, 2.24) is 4.98 Å². The highest BCUT2D eigenvalue weighted by Crippen LogP contribution is 2.35. The van der Waals surface area contributed by atoms with Crippen LogP contribution in [0.5, 0.6) is 11.5 Å². The molecule has 0 aliphatic rings. The Morgan fingerprint density at radius 1 is 1.29 bits per heavy atom. The van der Waals surface area contributed by atoms with Gasteiger partial charge in [0.15, 0.2) is 17.2 Å². The lowest BCUT2D eigenvalue weighted by molar-refractivity contribution is 0.478. The van der Waals surface area contributed by atoms with Crippen LogP contribution >= 0.6 is 15.9 Å². The summed E-state index contributed by atoms with van der Waals surface area (Å²) >= 11 is 3.34. The molecule has 0 saturated heterocycles. The molecule has 0 fully saturated rings. The molecule has 0 radical (unpaired) electrons. The maximum atomic E-state index is 8.90. The van der Waals surface area contributed by atoms with E-state index >= 15 is 0 Å². The van der Waals surface area contributed by atoms with Crippen molar-refractivity contribution in [1.29, 1.82) is 5.26 Å². The average Bonchev–Trinajstić information content (AvgIpc) is 2.34. The monoisotopic (exact) mass is 289 g/mol. The number of benzene rings is 1. The number of pyridine rings is 1. The van der Waals surface area contributed by atoms with E-state index in [4.69, 9.17) is 15.7 Å². The van der Waals surface area contributed by atoms with Gasteiger partial charge < -0.3 is 10.5 Å². The molecule has 0 bridgehead atoms. The van der Waals surface area contributed by atoms with E-state index in [1.165, 1.54) is 6.20 Å². The molecule has 1 aromatic heterocycles. The largest absolute Gasteiger partial charge is 0.451 e. The minimum absolute atomic E-state index is 0.225. The Morgan fingerprint density at radius 3 is 2.82 bits per heavy atom. The summed E-state index contributed by atoms with van der Waals surface area (Å²) in [5.74, 6) is 0.866. The van der Waals surface area contributed by atoms with Gasteiger partial charge in [0.1, 0.15) is 6.07 Å². The van der Waals surface area contributed by atoms with Crippen LogP contribution in [0.3, 0.4) is 0 Å². The van der Waals surface area contributed by atoms with Crippen molar-refractivity contribution in [2.45, 2.75) is 0 Å². The first kappa shape index (κ1) is 11.4. The minimum atomic E-state index is 0.225. The molecule has 1 heterocycles. The molecule has 0 amide bonds. The normalized spacial score (nSPS) is 9.65. The van der Waals surface area contributed by atoms with Crippen LogP contribution in [0.25, 0.3) is 0 Å². The fourth-order valence-corrected chi connectivity index (χ4v) is 1.76. The standard InChI is InChI=1S/C12H8BrN3O/c13-8-3-1-4-9(15)12(8)17-11-5-2-6-16-10(11)7-14/h1-6H,15H2. The number of aromatic nitrogens is 1. The summed E-state index contributed by atoms with van der Waals surface area (Å²) < 4.78 is 6.33. The second-order valence-electron chi connectivity index (χ2n) is 3.22. The predicted molar refractivity (Wildman–Crippen MR) is 67.6 cm³/mol. The molecular weight excluding hydrogens is 282 g/mol. The highest BCUT2D eigenvalue weighted by atomic mass is 79.9. The Bertz CT molecular complexity index is 572. The Labute approximate surface area is 107 Å².